The van der Waals surface area contributed by atoms with E-state index < -0.39 is 0 Å². The molecule has 2 rings (SSSR count). The van der Waals surface area contributed by atoms with Gasteiger partial charge in [-0.1, -0.05) is 18.2 Å². The van der Waals surface area contributed by atoms with Crippen molar-refractivity contribution in [2.24, 2.45) is 0 Å². The van der Waals surface area contributed by atoms with Crippen LogP contribution < -0.4 is 5.32 Å². The fourth-order valence-corrected chi connectivity index (χ4v) is 2.67. The number of anilines is 1. The molecule has 0 bridgehead atoms. The molecule has 1 fully saturated rings. The van der Waals surface area contributed by atoms with E-state index in [1.807, 2.05) is 6.07 Å². The maximum absolute atomic E-state index is 5.70. The van der Waals surface area contributed by atoms with Gasteiger partial charge in [0.25, 0.3) is 0 Å². The molecule has 1 aromatic rings. The first kappa shape index (κ1) is 14.4. The molecule has 1 heterocycles. The average Bonchev–Trinajstić information content (AvgIpc) is 2.47. The third-order valence-corrected chi connectivity index (χ3v) is 3.88. The molecule has 0 amide bonds. The maximum Gasteiger partial charge on any atom is 0.0599 e. The lowest BCUT2D eigenvalue weighted by atomic mass is 10.1. The maximum atomic E-state index is 5.70. The van der Waals surface area contributed by atoms with Gasteiger partial charge in [0, 0.05) is 38.0 Å². The minimum Gasteiger partial charge on any atom is -0.383 e. The van der Waals surface area contributed by atoms with E-state index >= 15 is 0 Å². The van der Waals surface area contributed by atoms with Crippen molar-refractivity contribution >= 4 is 5.69 Å². The molecule has 1 aliphatic heterocycles. The number of benzene rings is 1. The largest absolute Gasteiger partial charge is 0.383 e. The lowest BCUT2D eigenvalue weighted by Gasteiger charge is -2.36. The number of para-hydroxylation sites is 1. The minimum atomic E-state index is 0.482. The van der Waals surface area contributed by atoms with Gasteiger partial charge in [-0.2, -0.15) is 0 Å². The number of hydrogen-bond acceptors (Lipinski definition) is 3. The van der Waals surface area contributed by atoms with Crippen LogP contribution in [0.5, 0.6) is 0 Å². The van der Waals surface area contributed by atoms with Gasteiger partial charge >= 0.3 is 0 Å². The number of nitrogens with one attached hydrogen (secondary N) is 1. The Morgan fingerprint density at radius 2 is 1.95 bits per heavy atom. The van der Waals surface area contributed by atoms with E-state index in [9.17, 15) is 0 Å². The topological polar surface area (TPSA) is 24.5 Å². The molecule has 0 aliphatic carbocycles. The minimum absolute atomic E-state index is 0.482. The molecule has 1 aromatic carbocycles. The van der Waals surface area contributed by atoms with Gasteiger partial charge in [-0.15, -0.1) is 0 Å². The van der Waals surface area contributed by atoms with Crippen LogP contribution >= 0.6 is 0 Å². The highest BCUT2D eigenvalue weighted by molar-refractivity contribution is 5.42. The molecular formula is C16H26N2O. The van der Waals surface area contributed by atoms with Crippen molar-refractivity contribution < 1.29 is 4.74 Å². The summed E-state index contributed by atoms with van der Waals surface area (Å²) in [7, 11) is 0. The third-order valence-electron chi connectivity index (χ3n) is 3.88. The van der Waals surface area contributed by atoms with Gasteiger partial charge in [-0.3, -0.25) is 4.90 Å². The lowest BCUT2D eigenvalue weighted by molar-refractivity contribution is 0.00707. The molecule has 1 N–H and O–H groups in total. The molecule has 0 spiro atoms. The van der Waals surface area contributed by atoms with Crippen molar-refractivity contribution in [2.75, 3.05) is 31.6 Å². The normalized spacial score (nSPS) is 19.3. The molecule has 3 heteroatoms. The Balaban J connectivity index is 1.71. The molecule has 19 heavy (non-hydrogen) atoms. The summed E-state index contributed by atoms with van der Waals surface area (Å²) < 4.78 is 5.70. The smallest absolute Gasteiger partial charge is 0.0599 e. The standard InChI is InChI=1S/C16H26N2O/c1-3-19-16-9-11-18(12-10-16)14(2)13-17-15-7-5-4-6-8-15/h4-8,14,16-17H,3,9-13H2,1-2H3. The molecule has 106 valence electrons. The summed E-state index contributed by atoms with van der Waals surface area (Å²) in [4.78, 5) is 2.56. The summed E-state index contributed by atoms with van der Waals surface area (Å²) in [5, 5.41) is 3.51. The fourth-order valence-electron chi connectivity index (χ4n) is 2.67. The Morgan fingerprint density at radius 3 is 2.58 bits per heavy atom. The first-order valence-corrected chi connectivity index (χ1v) is 7.44. The van der Waals surface area contributed by atoms with Crippen molar-refractivity contribution in [3.63, 3.8) is 0 Å². The van der Waals surface area contributed by atoms with Crippen molar-refractivity contribution in [1.82, 2.24) is 4.90 Å². The second-order valence-electron chi connectivity index (χ2n) is 5.29. The predicted molar refractivity (Wildman–Crippen MR) is 80.6 cm³/mol. The highest BCUT2D eigenvalue weighted by Gasteiger charge is 2.22. The van der Waals surface area contributed by atoms with E-state index in [1.165, 1.54) is 18.5 Å². The average molecular weight is 262 g/mol. The number of nitrogens with zero attached hydrogens (tertiary/aromatic N) is 1. The van der Waals surface area contributed by atoms with E-state index in [1.54, 1.807) is 0 Å². The Hall–Kier alpha value is -1.06. The zero-order valence-corrected chi connectivity index (χ0v) is 12.1. The van der Waals surface area contributed by atoms with Crippen LogP contribution in [0.2, 0.25) is 0 Å². The molecule has 0 radical (unpaired) electrons. The van der Waals surface area contributed by atoms with Crippen LogP contribution in [0.3, 0.4) is 0 Å². The fraction of sp³-hybridized carbons (Fsp3) is 0.625. The molecule has 3 nitrogen and oxygen atoms in total. The molecule has 0 aromatic heterocycles. The summed E-state index contributed by atoms with van der Waals surface area (Å²) in [6, 6.07) is 11.0. The highest BCUT2D eigenvalue weighted by Crippen LogP contribution is 2.16. The van der Waals surface area contributed by atoms with Crippen molar-refractivity contribution in [3.05, 3.63) is 30.3 Å². The third kappa shape index (κ3) is 4.51. The van der Waals surface area contributed by atoms with Gasteiger partial charge in [-0.05, 0) is 38.8 Å². The summed E-state index contributed by atoms with van der Waals surface area (Å²) in [5.41, 5.74) is 1.21. The van der Waals surface area contributed by atoms with Crippen molar-refractivity contribution in [1.29, 1.82) is 0 Å². The number of hydrogen-bond donors (Lipinski definition) is 1. The molecular weight excluding hydrogens is 236 g/mol. The Bertz CT molecular complexity index is 347. The number of rotatable bonds is 6. The van der Waals surface area contributed by atoms with Crippen LogP contribution in [0.25, 0.3) is 0 Å². The molecule has 1 saturated heterocycles. The summed E-state index contributed by atoms with van der Waals surface area (Å²) in [6.45, 7) is 8.54. The van der Waals surface area contributed by atoms with Crippen LogP contribution in [0.1, 0.15) is 26.7 Å². The van der Waals surface area contributed by atoms with Gasteiger partial charge in [0.2, 0.25) is 0 Å². The first-order valence-electron chi connectivity index (χ1n) is 7.44. The van der Waals surface area contributed by atoms with Crippen LogP contribution in [0.15, 0.2) is 30.3 Å². The Labute approximate surface area is 116 Å². The second kappa shape index (κ2) is 7.51. The van der Waals surface area contributed by atoms with E-state index in [4.69, 9.17) is 4.74 Å². The van der Waals surface area contributed by atoms with Crippen LogP contribution in [-0.4, -0.2) is 43.3 Å². The SMILES string of the molecule is CCOC1CCN(C(C)CNc2ccccc2)CC1. The number of piperidine rings is 1. The zero-order chi connectivity index (χ0) is 13.5. The van der Waals surface area contributed by atoms with Crippen LogP contribution in [0.4, 0.5) is 5.69 Å². The second-order valence-corrected chi connectivity index (χ2v) is 5.29. The number of ether oxygens (including phenoxy) is 1. The van der Waals surface area contributed by atoms with Gasteiger partial charge in [0.05, 0.1) is 6.10 Å². The number of likely N-dealkylation sites (tertiary alicyclic amines) is 1. The lowest BCUT2D eigenvalue weighted by Crippen LogP contribution is -2.44. The van der Waals surface area contributed by atoms with E-state index in [2.05, 4.69) is 48.3 Å². The Morgan fingerprint density at radius 1 is 1.26 bits per heavy atom. The zero-order valence-electron chi connectivity index (χ0n) is 12.1. The molecule has 1 unspecified atom stereocenters. The van der Waals surface area contributed by atoms with Gasteiger partial charge in [0.1, 0.15) is 0 Å². The predicted octanol–water partition coefficient (Wildman–Crippen LogP) is 2.99. The molecule has 1 aliphatic rings. The van der Waals surface area contributed by atoms with Crippen molar-refractivity contribution in [3.8, 4) is 0 Å². The molecule has 0 saturated carbocycles. The van der Waals surface area contributed by atoms with Crippen LogP contribution in [0, 0.1) is 0 Å². The summed E-state index contributed by atoms with van der Waals surface area (Å²) in [5.74, 6) is 0. The van der Waals surface area contributed by atoms with Gasteiger partial charge in [0.15, 0.2) is 0 Å². The Kier molecular flexibility index (Phi) is 5.67. The first-order chi connectivity index (χ1) is 9.29. The van der Waals surface area contributed by atoms with Crippen molar-refractivity contribution in [2.45, 2.75) is 38.8 Å². The van der Waals surface area contributed by atoms with Crippen LogP contribution in [-0.2, 0) is 4.74 Å². The van der Waals surface area contributed by atoms with E-state index in [0.29, 0.717) is 12.1 Å². The quantitative estimate of drug-likeness (QED) is 0.853. The van der Waals surface area contributed by atoms with E-state index in [0.717, 1.165) is 26.2 Å². The summed E-state index contributed by atoms with van der Waals surface area (Å²) in [6.07, 6.45) is 2.82. The molecule has 1 atom stereocenters. The summed E-state index contributed by atoms with van der Waals surface area (Å²) >= 11 is 0. The monoisotopic (exact) mass is 262 g/mol. The highest BCUT2D eigenvalue weighted by atomic mass is 16.5. The van der Waals surface area contributed by atoms with Gasteiger partial charge < -0.3 is 10.1 Å². The van der Waals surface area contributed by atoms with E-state index in [-0.39, 0.29) is 0 Å². The van der Waals surface area contributed by atoms with Gasteiger partial charge in [-0.25, -0.2) is 0 Å².